The van der Waals surface area contributed by atoms with E-state index in [1.54, 1.807) is 0 Å². The Kier molecular flexibility index (Phi) is 6.75. The smallest absolute Gasteiger partial charge is 0.137 e. The summed E-state index contributed by atoms with van der Waals surface area (Å²) in [5.41, 5.74) is 0. The van der Waals surface area contributed by atoms with Gasteiger partial charge in [-0.1, -0.05) is 12.8 Å². The van der Waals surface area contributed by atoms with E-state index in [2.05, 4.69) is 25.8 Å². The Balaban J connectivity index is 2.23. The van der Waals surface area contributed by atoms with Gasteiger partial charge in [-0.2, -0.15) is 0 Å². The van der Waals surface area contributed by atoms with Gasteiger partial charge in [-0.05, 0) is 33.7 Å². The molecule has 0 heterocycles. The van der Waals surface area contributed by atoms with Crippen molar-refractivity contribution in [1.82, 2.24) is 4.90 Å². The molecule has 0 aromatic heterocycles. The number of carbonyl (C=O) groups is 1. The van der Waals surface area contributed by atoms with Crippen LogP contribution in [-0.4, -0.2) is 43.5 Å². The van der Waals surface area contributed by atoms with Crippen molar-refractivity contribution in [3.63, 3.8) is 0 Å². The summed E-state index contributed by atoms with van der Waals surface area (Å²) in [5, 5.41) is 0. The molecule has 1 unspecified atom stereocenters. The number of rotatable bonds is 6. The van der Waals surface area contributed by atoms with Gasteiger partial charge in [0.1, 0.15) is 5.78 Å². The van der Waals surface area contributed by atoms with E-state index in [-0.39, 0.29) is 5.92 Å². The number of ether oxygens (including phenoxy) is 1. The molecule has 3 heteroatoms. The zero-order chi connectivity index (χ0) is 12.7. The van der Waals surface area contributed by atoms with Crippen molar-refractivity contribution in [2.24, 2.45) is 5.92 Å². The molecule has 100 valence electrons. The molecule has 0 amide bonds. The molecule has 0 N–H and O–H groups in total. The first-order chi connectivity index (χ1) is 8.09. The Hall–Kier alpha value is -0.410. The summed E-state index contributed by atoms with van der Waals surface area (Å²) in [6, 6.07) is 0. The number of hydrogen-bond donors (Lipinski definition) is 0. The summed E-state index contributed by atoms with van der Waals surface area (Å²) >= 11 is 0. The molecule has 1 aliphatic rings. The third-order valence-corrected chi connectivity index (χ3v) is 3.39. The van der Waals surface area contributed by atoms with Crippen LogP contribution in [-0.2, 0) is 9.53 Å². The third-order valence-electron chi connectivity index (χ3n) is 3.39. The molecule has 1 saturated carbocycles. The molecule has 0 aliphatic heterocycles. The van der Waals surface area contributed by atoms with E-state index in [0.717, 1.165) is 39.0 Å². The topological polar surface area (TPSA) is 29.5 Å². The van der Waals surface area contributed by atoms with Crippen molar-refractivity contribution in [3.05, 3.63) is 0 Å². The van der Waals surface area contributed by atoms with E-state index in [9.17, 15) is 4.79 Å². The van der Waals surface area contributed by atoms with Crippen LogP contribution in [0.15, 0.2) is 0 Å². The van der Waals surface area contributed by atoms with Crippen LogP contribution in [0.4, 0.5) is 0 Å². The number of hydrogen-bond acceptors (Lipinski definition) is 3. The SMILES string of the molecule is CC(C)OCCN(C)CC1CCCCCC1=O. The average Bonchev–Trinajstić information content (AvgIpc) is 2.44. The molecule has 0 aromatic carbocycles. The first kappa shape index (κ1) is 14.7. The highest BCUT2D eigenvalue weighted by Crippen LogP contribution is 2.20. The Morgan fingerprint density at radius 2 is 2.12 bits per heavy atom. The van der Waals surface area contributed by atoms with Crippen LogP contribution in [0.1, 0.15) is 46.0 Å². The number of Topliss-reactive ketones (excluding diaryl/α,β-unsaturated/α-hetero) is 1. The molecule has 0 radical (unpaired) electrons. The summed E-state index contributed by atoms with van der Waals surface area (Å²) in [6.45, 7) is 6.68. The minimum absolute atomic E-state index is 0.265. The molecule has 0 spiro atoms. The highest BCUT2D eigenvalue weighted by Gasteiger charge is 2.21. The van der Waals surface area contributed by atoms with Gasteiger partial charge in [0, 0.05) is 25.4 Å². The summed E-state index contributed by atoms with van der Waals surface area (Å²) in [6.07, 6.45) is 5.70. The summed E-state index contributed by atoms with van der Waals surface area (Å²) in [5.74, 6) is 0.737. The van der Waals surface area contributed by atoms with Crippen molar-refractivity contribution >= 4 is 5.78 Å². The molecule has 1 rings (SSSR count). The lowest BCUT2D eigenvalue weighted by Crippen LogP contribution is -2.32. The normalized spacial score (nSPS) is 22.2. The van der Waals surface area contributed by atoms with Gasteiger partial charge in [0.05, 0.1) is 12.7 Å². The lowest BCUT2D eigenvalue weighted by atomic mass is 9.98. The van der Waals surface area contributed by atoms with Crippen molar-refractivity contribution in [2.45, 2.75) is 52.1 Å². The predicted molar refractivity (Wildman–Crippen MR) is 70.2 cm³/mol. The molecule has 1 fully saturated rings. The minimum Gasteiger partial charge on any atom is -0.377 e. The van der Waals surface area contributed by atoms with Crippen LogP contribution < -0.4 is 0 Å². The second-order valence-electron chi connectivity index (χ2n) is 5.44. The molecule has 0 saturated heterocycles. The average molecular weight is 241 g/mol. The Labute approximate surface area is 106 Å². The maximum Gasteiger partial charge on any atom is 0.137 e. The lowest BCUT2D eigenvalue weighted by molar-refractivity contribution is -0.123. The fourth-order valence-electron chi connectivity index (χ4n) is 2.34. The minimum atomic E-state index is 0.265. The number of carbonyl (C=O) groups excluding carboxylic acids is 1. The van der Waals surface area contributed by atoms with E-state index in [1.165, 1.54) is 12.8 Å². The van der Waals surface area contributed by atoms with Gasteiger partial charge in [0.15, 0.2) is 0 Å². The Morgan fingerprint density at radius 3 is 2.82 bits per heavy atom. The lowest BCUT2D eigenvalue weighted by Gasteiger charge is -2.22. The molecule has 0 aromatic rings. The van der Waals surface area contributed by atoms with E-state index in [0.29, 0.717) is 11.9 Å². The van der Waals surface area contributed by atoms with Crippen LogP contribution in [0.25, 0.3) is 0 Å². The zero-order valence-corrected chi connectivity index (χ0v) is 11.6. The molecule has 1 atom stereocenters. The zero-order valence-electron chi connectivity index (χ0n) is 11.6. The van der Waals surface area contributed by atoms with Crippen LogP contribution in [0.3, 0.4) is 0 Å². The quantitative estimate of drug-likeness (QED) is 0.669. The van der Waals surface area contributed by atoms with Gasteiger partial charge in [-0.3, -0.25) is 4.79 Å². The molecular formula is C14H27NO2. The van der Waals surface area contributed by atoms with E-state index in [4.69, 9.17) is 4.74 Å². The van der Waals surface area contributed by atoms with Crippen LogP contribution in [0.5, 0.6) is 0 Å². The van der Waals surface area contributed by atoms with Crippen molar-refractivity contribution in [3.8, 4) is 0 Å². The highest BCUT2D eigenvalue weighted by molar-refractivity contribution is 5.81. The van der Waals surface area contributed by atoms with Crippen LogP contribution in [0, 0.1) is 5.92 Å². The molecule has 3 nitrogen and oxygen atoms in total. The molecule has 1 aliphatic carbocycles. The molecular weight excluding hydrogens is 214 g/mol. The fourth-order valence-corrected chi connectivity index (χ4v) is 2.34. The molecule has 0 bridgehead atoms. The van der Waals surface area contributed by atoms with E-state index < -0.39 is 0 Å². The second kappa shape index (κ2) is 7.83. The largest absolute Gasteiger partial charge is 0.377 e. The van der Waals surface area contributed by atoms with Crippen molar-refractivity contribution in [2.75, 3.05) is 26.7 Å². The Bertz CT molecular complexity index is 228. The summed E-state index contributed by atoms with van der Waals surface area (Å²) in [7, 11) is 2.09. The van der Waals surface area contributed by atoms with Gasteiger partial charge in [0.25, 0.3) is 0 Å². The van der Waals surface area contributed by atoms with E-state index in [1.807, 2.05) is 0 Å². The summed E-state index contributed by atoms with van der Waals surface area (Å²) in [4.78, 5) is 14.1. The van der Waals surface area contributed by atoms with Crippen LogP contribution >= 0.6 is 0 Å². The summed E-state index contributed by atoms with van der Waals surface area (Å²) < 4.78 is 5.53. The third kappa shape index (κ3) is 6.18. The number of likely N-dealkylation sites (N-methyl/N-ethyl adjacent to an activating group) is 1. The van der Waals surface area contributed by atoms with Gasteiger partial charge in [0.2, 0.25) is 0 Å². The van der Waals surface area contributed by atoms with Gasteiger partial charge in [-0.15, -0.1) is 0 Å². The number of nitrogens with zero attached hydrogens (tertiary/aromatic N) is 1. The van der Waals surface area contributed by atoms with Gasteiger partial charge >= 0.3 is 0 Å². The van der Waals surface area contributed by atoms with Crippen molar-refractivity contribution in [1.29, 1.82) is 0 Å². The maximum atomic E-state index is 11.9. The second-order valence-corrected chi connectivity index (χ2v) is 5.44. The highest BCUT2D eigenvalue weighted by atomic mass is 16.5. The predicted octanol–water partition coefficient (Wildman–Crippen LogP) is 2.49. The first-order valence-electron chi connectivity index (χ1n) is 6.92. The van der Waals surface area contributed by atoms with Gasteiger partial charge < -0.3 is 9.64 Å². The van der Waals surface area contributed by atoms with Gasteiger partial charge in [-0.25, -0.2) is 0 Å². The van der Waals surface area contributed by atoms with Crippen LogP contribution in [0.2, 0.25) is 0 Å². The van der Waals surface area contributed by atoms with Crippen molar-refractivity contribution < 1.29 is 9.53 Å². The number of ketones is 1. The molecule has 17 heavy (non-hydrogen) atoms. The van der Waals surface area contributed by atoms with E-state index >= 15 is 0 Å². The monoisotopic (exact) mass is 241 g/mol. The maximum absolute atomic E-state index is 11.9. The Morgan fingerprint density at radius 1 is 1.35 bits per heavy atom. The fraction of sp³-hybridized carbons (Fsp3) is 0.929. The standard InChI is InChI=1S/C14H27NO2/c1-12(2)17-10-9-15(3)11-13-7-5-4-6-8-14(13)16/h12-13H,4-11H2,1-3H3. The first-order valence-corrected chi connectivity index (χ1v) is 6.92.